The van der Waals surface area contributed by atoms with Gasteiger partial charge in [-0.05, 0) is 61.4 Å². The van der Waals surface area contributed by atoms with Gasteiger partial charge in [-0.3, -0.25) is 9.59 Å². The monoisotopic (exact) mass is 298 g/mol. The maximum atomic E-state index is 12.5. The van der Waals surface area contributed by atoms with E-state index in [-0.39, 0.29) is 5.91 Å². The van der Waals surface area contributed by atoms with E-state index in [1.54, 1.807) is 6.07 Å². The lowest BCUT2D eigenvalue weighted by Crippen LogP contribution is -2.36. The molecule has 0 saturated heterocycles. The molecule has 2 amide bonds. The molecule has 22 heavy (non-hydrogen) atoms. The van der Waals surface area contributed by atoms with Crippen LogP contribution in [0.1, 0.15) is 61.4 Å². The number of hydrogen-bond donors (Lipinski definition) is 1. The van der Waals surface area contributed by atoms with Crippen LogP contribution in [0, 0.1) is 0 Å². The van der Waals surface area contributed by atoms with Crippen molar-refractivity contribution in [3.63, 3.8) is 0 Å². The molecule has 0 aromatic heterocycles. The van der Waals surface area contributed by atoms with E-state index in [1.165, 1.54) is 24.0 Å². The summed E-state index contributed by atoms with van der Waals surface area (Å²) < 4.78 is 0. The number of allylic oxidation sites excluding steroid dienone is 1. The first-order valence-corrected chi connectivity index (χ1v) is 8.07. The summed E-state index contributed by atoms with van der Waals surface area (Å²) in [6.45, 7) is 2.72. The first-order valence-electron chi connectivity index (χ1n) is 8.07. The fraction of sp³-hybridized carbons (Fsp3) is 0.444. The molecule has 1 aliphatic carbocycles. The number of nitrogens with two attached hydrogens (primary N) is 1. The maximum Gasteiger partial charge on any atom is 0.248 e. The average Bonchev–Trinajstić information content (AvgIpc) is 2.53. The van der Waals surface area contributed by atoms with Crippen LogP contribution in [-0.4, -0.2) is 18.4 Å². The van der Waals surface area contributed by atoms with Gasteiger partial charge >= 0.3 is 0 Å². The lowest BCUT2D eigenvalue weighted by atomic mass is 9.83. The van der Waals surface area contributed by atoms with Gasteiger partial charge in [0.05, 0.1) is 5.69 Å². The Labute approximate surface area is 131 Å². The number of carbonyl (C=O) groups excluding carboxylic acids is 2. The Morgan fingerprint density at radius 3 is 2.73 bits per heavy atom. The van der Waals surface area contributed by atoms with Crippen LogP contribution in [0.2, 0.25) is 0 Å². The van der Waals surface area contributed by atoms with Crippen molar-refractivity contribution in [3.8, 4) is 0 Å². The van der Waals surface area contributed by atoms with Gasteiger partial charge < -0.3 is 10.6 Å². The van der Waals surface area contributed by atoms with E-state index in [2.05, 4.69) is 0 Å². The van der Waals surface area contributed by atoms with Gasteiger partial charge in [0.25, 0.3) is 0 Å². The standard InChI is InChI=1S/C18H22N2O2/c1-2-5-17(21)20-11-13-6-3-4-7-14(13)15-10-12(18(19)22)8-9-16(15)20/h8-10H,2-7,11H2,1H3,(H2,19,22). The van der Waals surface area contributed by atoms with Gasteiger partial charge in [-0.25, -0.2) is 0 Å². The molecule has 2 aliphatic rings. The van der Waals surface area contributed by atoms with Crippen molar-refractivity contribution in [1.82, 2.24) is 0 Å². The summed E-state index contributed by atoms with van der Waals surface area (Å²) in [6, 6.07) is 5.47. The molecule has 1 heterocycles. The molecule has 4 heteroatoms. The zero-order valence-electron chi connectivity index (χ0n) is 13.0. The molecule has 0 saturated carbocycles. The quantitative estimate of drug-likeness (QED) is 0.931. The van der Waals surface area contributed by atoms with Crippen LogP contribution in [-0.2, 0) is 4.79 Å². The average molecular weight is 298 g/mol. The van der Waals surface area contributed by atoms with Crippen molar-refractivity contribution in [2.45, 2.75) is 45.4 Å². The normalized spacial score (nSPS) is 17.0. The van der Waals surface area contributed by atoms with Crippen LogP contribution in [0.3, 0.4) is 0 Å². The Kier molecular flexibility index (Phi) is 4.01. The fourth-order valence-electron chi connectivity index (χ4n) is 3.48. The van der Waals surface area contributed by atoms with Crippen LogP contribution in [0.15, 0.2) is 23.8 Å². The first kappa shape index (κ1) is 14.8. The van der Waals surface area contributed by atoms with Crippen molar-refractivity contribution < 1.29 is 9.59 Å². The minimum absolute atomic E-state index is 0.160. The maximum absolute atomic E-state index is 12.5. The van der Waals surface area contributed by atoms with E-state index in [0.717, 1.165) is 30.5 Å². The van der Waals surface area contributed by atoms with Crippen molar-refractivity contribution in [2.75, 3.05) is 11.4 Å². The molecule has 3 rings (SSSR count). The lowest BCUT2D eigenvalue weighted by Gasteiger charge is -2.35. The largest absolute Gasteiger partial charge is 0.366 e. The second kappa shape index (κ2) is 5.95. The molecule has 0 bridgehead atoms. The van der Waals surface area contributed by atoms with Gasteiger partial charge in [0.1, 0.15) is 0 Å². The second-order valence-corrected chi connectivity index (χ2v) is 6.12. The minimum atomic E-state index is -0.419. The van der Waals surface area contributed by atoms with Gasteiger partial charge in [-0.15, -0.1) is 0 Å². The van der Waals surface area contributed by atoms with Crippen LogP contribution in [0.4, 0.5) is 5.69 Å². The summed E-state index contributed by atoms with van der Waals surface area (Å²) in [5.41, 5.74) is 10.6. The topological polar surface area (TPSA) is 63.4 Å². The summed E-state index contributed by atoms with van der Waals surface area (Å²) in [7, 11) is 0. The van der Waals surface area contributed by atoms with E-state index >= 15 is 0 Å². The fourth-order valence-corrected chi connectivity index (χ4v) is 3.48. The molecule has 0 spiro atoms. The molecule has 1 aromatic rings. The molecule has 116 valence electrons. The minimum Gasteiger partial charge on any atom is -0.366 e. The highest BCUT2D eigenvalue weighted by Crippen LogP contribution is 2.42. The van der Waals surface area contributed by atoms with E-state index in [1.807, 2.05) is 24.0 Å². The first-order chi connectivity index (χ1) is 10.6. The molecule has 4 nitrogen and oxygen atoms in total. The zero-order chi connectivity index (χ0) is 15.7. The third-order valence-electron chi connectivity index (χ3n) is 4.59. The highest BCUT2D eigenvalue weighted by molar-refractivity contribution is 6.02. The SMILES string of the molecule is CCCC(=O)N1CC2=C(CCCC2)c2cc(C(N)=O)ccc21. The molecule has 1 aromatic carbocycles. The molecule has 2 N–H and O–H groups in total. The molecular weight excluding hydrogens is 276 g/mol. The summed E-state index contributed by atoms with van der Waals surface area (Å²) in [4.78, 5) is 25.8. The van der Waals surface area contributed by atoms with Gasteiger partial charge in [-0.1, -0.05) is 6.92 Å². The van der Waals surface area contributed by atoms with Crippen LogP contribution in [0.5, 0.6) is 0 Å². The Balaban J connectivity index is 2.10. The number of primary amides is 1. The molecule has 0 fully saturated rings. The molecule has 1 aliphatic heterocycles. The van der Waals surface area contributed by atoms with Crippen molar-refractivity contribution in [2.24, 2.45) is 5.73 Å². The predicted molar refractivity (Wildman–Crippen MR) is 87.6 cm³/mol. The predicted octanol–water partition coefficient (Wildman–Crippen LogP) is 3.26. The van der Waals surface area contributed by atoms with Crippen LogP contribution in [0.25, 0.3) is 5.57 Å². The van der Waals surface area contributed by atoms with Crippen LogP contribution < -0.4 is 10.6 Å². The molecule has 0 unspecified atom stereocenters. The van der Waals surface area contributed by atoms with Crippen LogP contribution >= 0.6 is 0 Å². The smallest absolute Gasteiger partial charge is 0.248 e. The Bertz CT molecular complexity index is 661. The number of amides is 2. The van der Waals surface area contributed by atoms with Gasteiger partial charge in [0.2, 0.25) is 11.8 Å². The number of fused-ring (bicyclic) bond motifs is 2. The van der Waals surface area contributed by atoms with Crippen molar-refractivity contribution in [1.29, 1.82) is 0 Å². The third kappa shape index (κ3) is 2.54. The van der Waals surface area contributed by atoms with Gasteiger partial charge in [0, 0.05) is 24.1 Å². The Morgan fingerprint density at radius 2 is 2.00 bits per heavy atom. The number of benzene rings is 1. The van der Waals surface area contributed by atoms with E-state index in [0.29, 0.717) is 18.5 Å². The highest BCUT2D eigenvalue weighted by Gasteiger charge is 2.29. The lowest BCUT2D eigenvalue weighted by molar-refractivity contribution is -0.118. The molecule has 0 atom stereocenters. The Morgan fingerprint density at radius 1 is 1.23 bits per heavy atom. The number of nitrogens with zero attached hydrogens (tertiary/aromatic N) is 1. The van der Waals surface area contributed by atoms with Gasteiger partial charge in [0.15, 0.2) is 0 Å². The zero-order valence-corrected chi connectivity index (χ0v) is 13.0. The highest BCUT2D eigenvalue weighted by atomic mass is 16.2. The summed E-state index contributed by atoms with van der Waals surface area (Å²) >= 11 is 0. The summed E-state index contributed by atoms with van der Waals surface area (Å²) in [5, 5.41) is 0. The van der Waals surface area contributed by atoms with Crippen molar-refractivity contribution in [3.05, 3.63) is 34.9 Å². The number of hydrogen-bond acceptors (Lipinski definition) is 2. The summed E-state index contributed by atoms with van der Waals surface area (Å²) in [6.07, 6.45) is 5.82. The summed E-state index contributed by atoms with van der Waals surface area (Å²) in [5.74, 6) is -0.259. The molecule has 0 radical (unpaired) electrons. The molecular formula is C18H22N2O2. The van der Waals surface area contributed by atoms with Gasteiger partial charge in [-0.2, -0.15) is 0 Å². The second-order valence-electron chi connectivity index (χ2n) is 6.12. The van der Waals surface area contributed by atoms with Crippen molar-refractivity contribution >= 4 is 23.1 Å². The van der Waals surface area contributed by atoms with E-state index < -0.39 is 5.91 Å². The van der Waals surface area contributed by atoms with E-state index in [9.17, 15) is 9.59 Å². The number of rotatable bonds is 3. The number of carbonyl (C=O) groups is 2. The van der Waals surface area contributed by atoms with E-state index in [4.69, 9.17) is 5.73 Å². The number of anilines is 1. The third-order valence-corrected chi connectivity index (χ3v) is 4.59. The Hall–Kier alpha value is -2.10.